The average molecular weight is 465 g/mol. The summed E-state index contributed by atoms with van der Waals surface area (Å²) < 4.78 is 37.8. The van der Waals surface area contributed by atoms with Crippen molar-refractivity contribution in [3.05, 3.63) is 87.9 Å². The number of carbonyl (C=O) groups excluding carboxylic acids is 1. The molecule has 2 aromatic heterocycles. The fourth-order valence-corrected chi connectivity index (χ4v) is 4.01. The lowest BCUT2D eigenvalue weighted by atomic mass is 10.1. The largest absolute Gasteiger partial charge is 0.463 e. The maximum Gasteiger partial charge on any atom is 0.264 e. The molecule has 1 amide bonds. The average Bonchev–Trinajstić information content (AvgIpc) is 3.11. The van der Waals surface area contributed by atoms with E-state index >= 15 is 0 Å². The molecule has 0 saturated heterocycles. The van der Waals surface area contributed by atoms with Crippen LogP contribution >= 0.6 is 0 Å². The molecular weight excluding hydrogens is 446 g/mol. The number of fused-ring (bicyclic) bond motifs is 1. The molecule has 2 N–H and O–H groups in total. The molecule has 0 fully saturated rings. The Morgan fingerprint density at radius 3 is 2.48 bits per heavy atom. The van der Waals surface area contributed by atoms with Gasteiger partial charge in [0.2, 0.25) is 11.8 Å². The van der Waals surface area contributed by atoms with E-state index in [1.165, 1.54) is 42.7 Å². The molecule has 0 radical (unpaired) electrons. The van der Waals surface area contributed by atoms with Crippen molar-refractivity contribution in [2.24, 2.45) is 0 Å². The van der Waals surface area contributed by atoms with E-state index in [0.717, 1.165) is 0 Å². The number of hydrogen-bond acceptors (Lipinski definition) is 7. The second-order valence-electron chi connectivity index (χ2n) is 7.19. The number of anilines is 2. The van der Waals surface area contributed by atoms with E-state index in [2.05, 4.69) is 15.2 Å². The number of aromatic nitrogens is 1. The predicted molar refractivity (Wildman–Crippen MR) is 123 cm³/mol. The zero-order valence-electron chi connectivity index (χ0n) is 17.7. The molecule has 0 aliphatic rings. The van der Waals surface area contributed by atoms with Crippen LogP contribution in [0.25, 0.3) is 17.0 Å². The van der Waals surface area contributed by atoms with E-state index in [0.29, 0.717) is 27.9 Å². The van der Waals surface area contributed by atoms with Gasteiger partial charge in [0.15, 0.2) is 5.43 Å². The van der Waals surface area contributed by atoms with Gasteiger partial charge in [-0.05, 0) is 56.3 Å². The van der Waals surface area contributed by atoms with Gasteiger partial charge < -0.3 is 14.3 Å². The van der Waals surface area contributed by atoms with Gasteiger partial charge in [0.05, 0.1) is 21.5 Å². The van der Waals surface area contributed by atoms with Crippen LogP contribution in [0.5, 0.6) is 0 Å². The van der Waals surface area contributed by atoms with Crippen LogP contribution in [0.4, 0.5) is 11.6 Å². The molecule has 0 spiro atoms. The first kappa shape index (κ1) is 22.0. The Balaban J connectivity index is 1.44. The summed E-state index contributed by atoms with van der Waals surface area (Å²) in [4.78, 5) is 24.7. The standard InChI is InChI=1S/C23H19N3O6S/c1-14-15(2)25-32-23(14)26-33(29,30)18-10-8-17(9-11-18)24-21(27)12-7-16-13-31-20-6-4-3-5-19(20)22(16)28/h3-13,26H,1-2H3,(H,24,27)/b12-7+. The second-order valence-corrected chi connectivity index (χ2v) is 8.87. The molecule has 0 aliphatic carbocycles. The van der Waals surface area contributed by atoms with Crippen LogP contribution in [0, 0.1) is 13.8 Å². The van der Waals surface area contributed by atoms with Gasteiger partial charge in [-0.15, -0.1) is 0 Å². The molecule has 10 heteroatoms. The summed E-state index contributed by atoms with van der Waals surface area (Å²) in [6.45, 7) is 3.40. The van der Waals surface area contributed by atoms with Crippen molar-refractivity contribution in [1.29, 1.82) is 0 Å². The maximum atomic E-state index is 12.5. The monoisotopic (exact) mass is 465 g/mol. The molecule has 2 heterocycles. The van der Waals surface area contributed by atoms with Crippen LogP contribution in [0.3, 0.4) is 0 Å². The van der Waals surface area contributed by atoms with Gasteiger partial charge in [-0.25, -0.2) is 13.1 Å². The minimum Gasteiger partial charge on any atom is -0.463 e. The van der Waals surface area contributed by atoms with Gasteiger partial charge in [0.1, 0.15) is 11.8 Å². The lowest BCUT2D eigenvalue weighted by molar-refractivity contribution is -0.111. The fraction of sp³-hybridized carbons (Fsp3) is 0.0870. The predicted octanol–water partition coefficient (Wildman–Crippen LogP) is 3.85. The zero-order chi connectivity index (χ0) is 23.6. The molecule has 4 rings (SSSR count). The van der Waals surface area contributed by atoms with Crippen LogP contribution in [0.15, 0.2) is 79.5 Å². The molecule has 9 nitrogen and oxygen atoms in total. The summed E-state index contributed by atoms with van der Waals surface area (Å²) in [6.07, 6.45) is 3.85. The topological polar surface area (TPSA) is 132 Å². The number of sulfonamides is 1. The van der Waals surface area contributed by atoms with E-state index in [-0.39, 0.29) is 21.8 Å². The molecule has 2 aromatic carbocycles. The Labute approximate surface area is 188 Å². The smallest absolute Gasteiger partial charge is 0.264 e. The maximum absolute atomic E-state index is 12.5. The Morgan fingerprint density at radius 2 is 1.79 bits per heavy atom. The number of nitrogens with zero attached hydrogens (tertiary/aromatic N) is 1. The number of benzene rings is 2. The van der Waals surface area contributed by atoms with Gasteiger partial charge in [-0.2, -0.15) is 0 Å². The third kappa shape index (κ3) is 4.70. The Morgan fingerprint density at radius 1 is 1.06 bits per heavy atom. The Bertz CT molecular complexity index is 1530. The van der Waals surface area contributed by atoms with Crippen molar-refractivity contribution < 1.29 is 22.2 Å². The fourth-order valence-electron chi connectivity index (χ4n) is 2.97. The number of aryl methyl sites for hydroxylation is 1. The molecule has 0 bridgehead atoms. The lowest BCUT2D eigenvalue weighted by Crippen LogP contribution is -2.13. The normalized spacial score (nSPS) is 11.7. The molecule has 4 aromatic rings. The SMILES string of the molecule is Cc1noc(NS(=O)(=O)c2ccc(NC(=O)/C=C/c3coc4ccccc4c3=O)cc2)c1C. The van der Waals surface area contributed by atoms with Crippen molar-refractivity contribution in [3.8, 4) is 0 Å². The van der Waals surface area contributed by atoms with Gasteiger partial charge in [-0.1, -0.05) is 17.3 Å². The zero-order valence-corrected chi connectivity index (χ0v) is 18.5. The number of hydrogen-bond donors (Lipinski definition) is 2. The van der Waals surface area contributed by atoms with Crippen molar-refractivity contribution in [3.63, 3.8) is 0 Å². The van der Waals surface area contributed by atoms with E-state index in [1.807, 2.05) is 0 Å². The van der Waals surface area contributed by atoms with Gasteiger partial charge in [-0.3, -0.25) is 9.59 Å². The molecule has 33 heavy (non-hydrogen) atoms. The first-order valence-electron chi connectivity index (χ1n) is 9.80. The highest BCUT2D eigenvalue weighted by Crippen LogP contribution is 2.22. The molecule has 168 valence electrons. The van der Waals surface area contributed by atoms with Gasteiger partial charge in [0, 0.05) is 17.3 Å². The van der Waals surface area contributed by atoms with Crippen LogP contribution in [-0.4, -0.2) is 19.5 Å². The lowest BCUT2D eigenvalue weighted by Gasteiger charge is -2.07. The number of carbonyl (C=O) groups is 1. The van der Waals surface area contributed by atoms with Crippen LogP contribution in [0.2, 0.25) is 0 Å². The Kier molecular flexibility index (Phi) is 5.84. The second kappa shape index (κ2) is 8.75. The summed E-state index contributed by atoms with van der Waals surface area (Å²) in [6, 6.07) is 12.4. The van der Waals surface area contributed by atoms with Crippen LogP contribution < -0.4 is 15.5 Å². The molecule has 0 atom stereocenters. The highest BCUT2D eigenvalue weighted by Gasteiger charge is 2.19. The quantitative estimate of drug-likeness (QED) is 0.413. The van der Waals surface area contributed by atoms with E-state index in [9.17, 15) is 18.0 Å². The van der Waals surface area contributed by atoms with Crippen molar-refractivity contribution >= 4 is 44.5 Å². The summed E-state index contributed by atoms with van der Waals surface area (Å²) in [7, 11) is -3.89. The molecule has 0 saturated carbocycles. The number of para-hydroxylation sites is 1. The summed E-state index contributed by atoms with van der Waals surface area (Å²) in [5.74, 6) is -0.447. The van der Waals surface area contributed by atoms with Crippen LogP contribution in [-0.2, 0) is 14.8 Å². The number of amides is 1. The van der Waals surface area contributed by atoms with Crippen molar-refractivity contribution in [1.82, 2.24) is 5.16 Å². The highest BCUT2D eigenvalue weighted by molar-refractivity contribution is 7.92. The van der Waals surface area contributed by atoms with Crippen molar-refractivity contribution in [2.75, 3.05) is 10.0 Å². The number of nitrogens with one attached hydrogen (secondary N) is 2. The minimum atomic E-state index is -3.89. The minimum absolute atomic E-state index is 0.0155. The van der Waals surface area contributed by atoms with E-state index in [1.54, 1.807) is 38.1 Å². The molecule has 0 unspecified atom stereocenters. The first-order chi connectivity index (χ1) is 15.7. The Hall–Kier alpha value is -4.18. The van der Waals surface area contributed by atoms with E-state index in [4.69, 9.17) is 8.94 Å². The third-order valence-electron chi connectivity index (χ3n) is 4.94. The van der Waals surface area contributed by atoms with E-state index < -0.39 is 15.9 Å². The number of rotatable bonds is 6. The third-order valence-corrected chi connectivity index (χ3v) is 6.28. The first-order valence-corrected chi connectivity index (χ1v) is 11.3. The summed E-state index contributed by atoms with van der Waals surface area (Å²) in [5, 5.41) is 6.74. The highest BCUT2D eigenvalue weighted by atomic mass is 32.2. The summed E-state index contributed by atoms with van der Waals surface area (Å²) in [5.41, 5.74) is 1.99. The summed E-state index contributed by atoms with van der Waals surface area (Å²) >= 11 is 0. The molecular formula is C23H19N3O6S. The van der Waals surface area contributed by atoms with Crippen LogP contribution in [0.1, 0.15) is 16.8 Å². The molecule has 0 aliphatic heterocycles. The van der Waals surface area contributed by atoms with Crippen molar-refractivity contribution in [2.45, 2.75) is 18.7 Å². The van der Waals surface area contributed by atoms with Gasteiger partial charge in [0.25, 0.3) is 10.0 Å². The van der Waals surface area contributed by atoms with Gasteiger partial charge >= 0.3 is 0 Å².